The molecule has 1 fully saturated rings. The van der Waals surface area contributed by atoms with Gasteiger partial charge >= 0.3 is 0 Å². The Bertz CT molecular complexity index is 826. The summed E-state index contributed by atoms with van der Waals surface area (Å²) in [6.07, 6.45) is 3.67. The Morgan fingerprint density at radius 3 is 2.79 bits per heavy atom. The zero-order valence-electron chi connectivity index (χ0n) is 13.3. The van der Waals surface area contributed by atoms with Crippen LogP contribution < -0.4 is 5.32 Å². The lowest BCUT2D eigenvalue weighted by Gasteiger charge is -2.30. The minimum absolute atomic E-state index is 0.101. The first-order valence-electron chi connectivity index (χ1n) is 7.90. The minimum Gasteiger partial charge on any atom is -0.366 e. The van der Waals surface area contributed by atoms with Crippen molar-refractivity contribution in [3.8, 4) is 22.6 Å². The highest BCUT2D eigenvalue weighted by molar-refractivity contribution is 5.79. The van der Waals surface area contributed by atoms with Crippen molar-refractivity contribution in [1.29, 1.82) is 0 Å². The lowest BCUT2D eigenvalue weighted by atomic mass is 10.0. The third-order valence-electron chi connectivity index (χ3n) is 4.38. The average Bonchev–Trinajstić information content (AvgIpc) is 3.25. The largest absolute Gasteiger partial charge is 0.366 e. The van der Waals surface area contributed by atoms with Crippen LogP contribution in [0.2, 0.25) is 0 Å². The van der Waals surface area contributed by atoms with Crippen LogP contribution in [-0.4, -0.2) is 46.7 Å². The molecule has 3 aromatic rings. The maximum Gasteiger partial charge on any atom is 0.260 e. The first kappa shape index (κ1) is 15.0. The zero-order valence-corrected chi connectivity index (χ0v) is 13.3. The molecular formula is C17H18FN5O. The molecule has 2 aromatic heterocycles. The van der Waals surface area contributed by atoms with E-state index in [4.69, 9.17) is 4.52 Å². The lowest BCUT2D eigenvalue weighted by Crippen LogP contribution is -2.44. The number of halogens is 1. The van der Waals surface area contributed by atoms with E-state index >= 15 is 0 Å². The molecule has 4 rings (SSSR count). The second kappa shape index (κ2) is 6.18. The summed E-state index contributed by atoms with van der Waals surface area (Å²) in [7, 11) is 2.06. The maximum absolute atomic E-state index is 13.1. The number of aromatic nitrogens is 3. The number of hydrogen-bond acceptors (Lipinski definition) is 5. The van der Waals surface area contributed by atoms with Gasteiger partial charge in [-0.25, -0.2) is 4.39 Å². The van der Waals surface area contributed by atoms with E-state index in [9.17, 15) is 4.39 Å². The zero-order chi connectivity index (χ0) is 16.5. The second-order valence-corrected chi connectivity index (χ2v) is 5.95. The fourth-order valence-corrected chi connectivity index (χ4v) is 2.98. The monoisotopic (exact) mass is 327 g/mol. The summed E-state index contributed by atoms with van der Waals surface area (Å²) >= 11 is 0. The van der Waals surface area contributed by atoms with Crippen LogP contribution in [0.1, 0.15) is 11.9 Å². The number of likely N-dealkylation sites (N-methyl/N-ethyl adjacent to an activating group) is 1. The van der Waals surface area contributed by atoms with Gasteiger partial charge in [-0.05, 0) is 24.7 Å². The van der Waals surface area contributed by atoms with Crippen LogP contribution in [0.4, 0.5) is 4.39 Å². The molecule has 124 valence electrons. The smallest absolute Gasteiger partial charge is 0.260 e. The predicted molar refractivity (Wildman–Crippen MR) is 87.7 cm³/mol. The van der Waals surface area contributed by atoms with Gasteiger partial charge in [0.25, 0.3) is 5.89 Å². The Morgan fingerprint density at radius 1 is 1.21 bits per heavy atom. The fraction of sp³-hybridized carbons (Fsp3) is 0.294. The van der Waals surface area contributed by atoms with Crippen LogP contribution in [0.5, 0.6) is 0 Å². The molecule has 1 saturated heterocycles. The van der Waals surface area contributed by atoms with E-state index in [1.165, 1.54) is 12.1 Å². The van der Waals surface area contributed by atoms with Crippen molar-refractivity contribution in [3.05, 3.63) is 48.3 Å². The van der Waals surface area contributed by atoms with Gasteiger partial charge in [0, 0.05) is 37.6 Å². The molecule has 1 aromatic carbocycles. The highest BCUT2D eigenvalue weighted by Gasteiger charge is 2.26. The number of rotatable bonds is 3. The molecule has 3 heterocycles. The molecule has 0 amide bonds. The van der Waals surface area contributed by atoms with Crippen LogP contribution in [0.15, 0.2) is 41.2 Å². The number of benzene rings is 1. The van der Waals surface area contributed by atoms with Gasteiger partial charge in [-0.1, -0.05) is 17.3 Å². The molecule has 7 heteroatoms. The summed E-state index contributed by atoms with van der Waals surface area (Å²) in [5.41, 5.74) is 2.61. The van der Waals surface area contributed by atoms with Crippen LogP contribution in [0.25, 0.3) is 22.6 Å². The summed E-state index contributed by atoms with van der Waals surface area (Å²) < 4.78 is 18.6. The Kier molecular flexibility index (Phi) is 3.87. The molecule has 2 N–H and O–H groups in total. The highest BCUT2D eigenvalue weighted by atomic mass is 19.1. The summed E-state index contributed by atoms with van der Waals surface area (Å²) in [4.78, 5) is 9.85. The number of H-pyrrole nitrogens is 1. The van der Waals surface area contributed by atoms with Crippen LogP contribution >= 0.6 is 0 Å². The Balaban J connectivity index is 1.66. The molecule has 24 heavy (non-hydrogen) atoms. The number of nitrogens with zero attached hydrogens (tertiary/aromatic N) is 3. The third-order valence-corrected chi connectivity index (χ3v) is 4.38. The fourth-order valence-electron chi connectivity index (χ4n) is 2.98. The highest BCUT2D eigenvalue weighted by Crippen LogP contribution is 2.32. The molecule has 0 radical (unpaired) electrons. The van der Waals surface area contributed by atoms with E-state index < -0.39 is 0 Å². The van der Waals surface area contributed by atoms with Crippen molar-refractivity contribution in [3.63, 3.8) is 0 Å². The van der Waals surface area contributed by atoms with Gasteiger partial charge in [-0.3, -0.25) is 4.90 Å². The number of hydrogen-bond donors (Lipinski definition) is 2. The van der Waals surface area contributed by atoms with Crippen LogP contribution in [0.3, 0.4) is 0 Å². The van der Waals surface area contributed by atoms with Crippen molar-refractivity contribution >= 4 is 0 Å². The molecular weight excluding hydrogens is 309 g/mol. The quantitative estimate of drug-likeness (QED) is 0.773. The predicted octanol–water partition coefficient (Wildman–Crippen LogP) is 2.45. The van der Waals surface area contributed by atoms with Crippen molar-refractivity contribution in [2.75, 3.05) is 26.7 Å². The standard InChI is InChI=1S/C17H18FN5O/c1-23-7-6-19-10-15(23)16-21-17(24-22-16)14-9-20-8-13(14)11-2-4-12(18)5-3-11/h2-5,8-9,15,19-20H,6-7,10H2,1H3. The van der Waals surface area contributed by atoms with Gasteiger partial charge in [0.2, 0.25) is 0 Å². The summed E-state index contributed by atoms with van der Waals surface area (Å²) in [5, 5.41) is 7.50. The molecule has 0 aliphatic carbocycles. The van der Waals surface area contributed by atoms with Crippen molar-refractivity contribution in [2.45, 2.75) is 6.04 Å². The van der Waals surface area contributed by atoms with Crippen molar-refractivity contribution in [1.82, 2.24) is 25.3 Å². The summed E-state index contributed by atoms with van der Waals surface area (Å²) in [6.45, 7) is 2.71. The average molecular weight is 327 g/mol. The van der Waals surface area contributed by atoms with Gasteiger partial charge in [0.15, 0.2) is 5.82 Å². The Labute approximate surface area is 138 Å². The first-order chi connectivity index (χ1) is 11.7. The molecule has 0 spiro atoms. The van der Waals surface area contributed by atoms with Gasteiger partial charge < -0.3 is 14.8 Å². The van der Waals surface area contributed by atoms with Crippen LogP contribution in [-0.2, 0) is 0 Å². The van der Waals surface area contributed by atoms with Gasteiger partial charge in [-0.15, -0.1) is 0 Å². The van der Waals surface area contributed by atoms with Crippen LogP contribution in [0, 0.1) is 5.82 Å². The third kappa shape index (κ3) is 2.72. The topological polar surface area (TPSA) is 70.0 Å². The Hall–Kier alpha value is -2.51. The van der Waals surface area contributed by atoms with Crippen molar-refractivity contribution in [2.24, 2.45) is 0 Å². The van der Waals surface area contributed by atoms with E-state index in [1.807, 2.05) is 12.4 Å². The first-order valence-corrected chi connectivity index (χ1v) is 7.90. The molecule has 1 unspecified atom stereocenters. The van der Waals surface area contributed by atoms with Gasteiger partial charge in [0.1, 0.15) is 5.82 Å². The SMILES string of the molecule is CN1CCNCC1c1noc(-c2c[nH]cc2-c2ccc(F)cc2)n1. The summed E-state index contributed by atoms with van der Waals surface area (Å²) in [6, 6.07) is 6.45. The molecule has 0 bridgehead atoms. The van der Waals surface area contributed by atoms with E-state index in [2.05, 4.69) is 32.4 Å². The summed E-state index contributed by atoms with van der Waals surface area (Å²) in [5.74, 6) is 0.874. The molecule has 1 aliphatic rings. The number of piperazine rings is 1. The van der Waals surface area contributed by atoms with E-state index in [-0.39, 0.29) is 11.9 Å². The van der Waals surface area contributed by atoms with Gasteiger partial charge in [0.05, 0.1) is 11.6 Å². The van der Waals surface area contributed by atoms with Crippen molar-refractivity contribution < 1.29 is 8.91 Å². The van der Waals surface area contributed by atoms with E-state index in [0.717, 1.165) is 36.3 Å². The molecule has 6 nitrogen and oxygen atoms in total. The molecule has 1 atom stereocenters. The number of nitrogens with one attached hydrogen (secondary N) is 2. The van der Waals surface area contributed by atoms with E-state index in [0.29, 0.717) is 11.7 Å². The van der Waals surface area contributed by atoms with Gasteiger partial charge in [-0.2, -0.15) is 4.98 Å². The Morgan fingerprint density at radius 2 is 2.00 bits per heavy atom. The normalized spacial score (nSPS) is 18.8. The molecule has 0 saturated carbocycles. The maximum atomic E-state index is 13.1. The second-order valence-electron chi connectivity index (χ2n) is 5.95. The minimum atomic E-state index is -0.260. The lowest BCUT2D eigenvalue weighted by molar-refractivity contribution is 0.190. The molecule has 1 aliphatic heterocycles. The van der Waals surface area contributed by atoms with E-state index in [1.54, 1.807) is 12.1 Å². The number of aromatic amines is 1.